The lowest BCUT2D eigenvalue weighted by Gasteiger charge is -2.34. The van der Waals surface area contributed by atoms with E-state index >= 15 is 0 Å². The summed E-state index contributed by atoms with van der Waals surface area (Å²) >= 11 is 12.6. The average molecular weight is 653 g/mol. The Kier molecular flexibility index (Phi) is 11.1. The van der Waals surface area contributed by atoms with E-state index in [1.165, 1.54) is 23.1 Å². The molecule has 0 saturated heterocycles. The van der Waals surface area contributed by atoms with Gasteiger partial charge in [-0.15, -0.1) is 0 Å². The molecule has 0 spiro atoms. The molecule has 0 heterocycles. The maximum absolute atomic E-state index is 14.4. The monoisotopic (exact) mass is 651 g/mol. The molecular weight excluding hydrogens is 617 g/mol. The van der Waals surface area contributed by atoms with Crippen LogP contribution in [-0.4, -0.2) is 44.3 Å². The Bertz CT molecular complexity index is 1700. The molecule has 0 aliphatic rings. The van der Waals surface area contributed by atoms with Gasteiger partial charge in [0.1, 0.15) is 12.6 Å². The van der Waals surface area contributed by atoms with Gasteiger partial charge in [-0.25, -0.2) is 8.42 Å². The van der Waals surface area contributed by atoms with Crippen molar-refractivity contribution >= 4 is 50.7 Å². The summed E-state index contributed by atoms with van der Waals surface area (Å²) in [6.07, 6.45) is 0.229. The van der Waals surface area contributed by atoms with Gasteiger partial charge in [-0.1, -0.05) is 89.4 Å². The van der Waals surface area contributed by atoms with E-state index in [1.54, 1.807) is 55.5 Å². The zero-order valence-corrected chi connectivity index (χ0v) is 27.2. The van der Waals surface area contributed by atoms with E-state index in [2.05, 4.69) is 5.32 Å². The van der Waals surface area contributed by atoms with E-state index in [0.29, 0.717) is 16.6 Å². The van der Waals surface area contributed by atoms with E-state index in [9.17, 15) is 18.0 Å². The van der Waals surface area contributed by atoms with Gasteiger partial charge in [0.15, 0.2) is 0 Å². The van der Waals surface area contributed by atoms with Crippen LogP contribution < -0.4 is 9.62 Å². The van der Waals surface area contributed by atoms with Crippen LogP contribution in [0, 0.1) is 13.8 Å². The van der Waals surface area contributed by atoms with Gasteiger partial charge in [0.2, 0.25) is 11.8 Å². The highest BCUT2D eigenvalue weighted by Gasteiger charge is 2.34. The number of nitrogens with one attached hydrogen (secondary N) is 1. The van der Waals surface area contributed by atoms with Crippen molar-refractivity contribution in [2.45, 2.75) is 44.7 Å². The number of nitrogens with zero attached hydrogens (tertiary/aromatic N) is 2. The van der Waals surface area contributed by atoms with Gasteiger partial charge in [-0.05, 0) is 73.9 Å². The Morgan fingerprint density at radius 1 is 0.841 bits per heavy atom. The van der Waals surface area contributed by atoms with Crippen LogP contribution in [0.2, 0.25) is 10.0 Å². The quantitative estimate of drug-likeness (QED) is 0.187. The number of aryl methyl sites for hydroxylation is 2. The zero-order valence-electron chi connectivity index (χ0n) is 24.8. The SMILES string of the molecule is CCNC(=O)[C@H](Cc1ccccc1)N(Cc1ccc(Cl)cc1)C(=O)CN(c1ccc(C)c(Cl)c1)S(=O)(=O)c1ccc(C)cc1. The third-order valence-corrected chi connectivity index (χ3v) is 9.67. The molecule has 4 aromatic carbocycles. The lowest BCUT2D eigenvalue weighted by Crippen LogP contribution is -2.53. The van der Waals surface area contributed by atoms with Crippen LogP contribution in [0.15, 0.2) is 102 Å². The molecule has 0 aromatic heterocycles. The fourth-order valence-corrected chi connectivity index (χ4v) is 6.44. The van der Waals surface area contributed by atoms with E-state index < -0.39 is 28.5 Å². The average Bonchev–Trinajstić information content (AvgIpc) is 3.00. The van der Waals surface area contributed by atoms with E-state index in [0.717, 1.165) is 26.6 Å². The van der Waals surface area contributed by atoms with Crippen LogP contribution in [0.1, 0.15) is 29.2 Å². The Morgan fingerprint density at radius 3 is 2.11 bits per heavy atom. The first kappa shape index (κ1) is 33.1. The number of amides is 2. The van der Waals surface area contributed by atoms with Gasteiger partial charge in [0.05, 0.1) is 10.6 Å². The molecule has 0 saturated carbocycles. The minimum Gasteiger partial charge on any atom is -0.355 e. The number of rotatable bonds is 12. The third-order valence-electron chi connectivity index (χ3n) is 7.22. The first-order valence-electron chi connectivity index (χ1n) is 14.2. The number of benzene rings is 4. The Morgan fingerprint density at radius 2 is 1.50 bits per heavy atom. The summed E-state index contributed by atoms with van der Waals surface area (Å²) in [6, 6.07) is 26.7. The predicted octanol–water partition coefficient (Wildman–Crippen LogP) is 6.58. The van der Waals surface area contributed by atoms with E-state index in [4.69, 9.17) is 23.2 Å². The highest BCUT2D eigenvalue weighted by atomic mass is 35.5. The molecule has 0 unspecified atom stereocenters. The predicted molar refractivity (Wildman–Crippen MR) is 177 cm³/mol. The van der Waals surface area contributed by atoms with Crippen LogP contribution >= 0.6 is 23.2 Å². The number of hydrogen-bond acceptors (Lipinski definition) is 4. The second kappa shape index (κ2) is 14.8. The molecule has 4 aromatic rings. The highest BCUT2D eigenvalue weighted by Crippen LogP contribution is 2.29. The largest absolute Gasteiger partial charge is 0.355 e. The summed E-state index contributed by atoms with van der Waals surface area (Å²) in [4.78, 5) is 29.4. The van der Waals surface area contributed by atoms with Crippen molar-refractivity contribution in [2.75, 3.05) is 17.4 Å². The van der Waals surface area contributed by atoms with Crippen LogP contribution in [0.5, 0.6) is 0 Å². The molecule has 230 valence electrons. The maximum atomic E-state index is 14.4. The van der Waals surface area contributed by atoms with Gasteiger partial charge in [0.25, 0.3) is 10.0 Å². The summed E-state index contributed by atoms with van der Waals surface area (Å²) in [5.74, 6) is -0.899. The van der Waals surface area contributed by atoms with Crippen molar-refractivity contribution in [3.05, 3.63) is 129 Å². The maximum Gasteiger partial charge on any atom is 0.264 e. The topological polar surface area (TPSA) is 86.8 Å². The molecule has 0 bridgehead atoms. The van der Waals surface area contributed by atoms with Crippen LogP contribution in [0.3, 0.4) is 0 Å². The molecule has 2 amide bonds. The van der Waals surface area contributed by atoms with Crippen molar-refractivity contribution in [2.24, 2.45) is 0 Å². The molecule has 4 rings (SSSR count). The van der Waals surface area contributed by atoms with E-state index in [1.807, 2.05) is 44.2 Å². The molecule has 1 atom stereocenters. The molecule has 0 radical (unpaired) electrons. The molecule has 44 heavy (non-hydrogen) atoms. The number of likely N-dealkylation sites (N-methyl/N-ethyl adjacent to an activating group) is 1. The summed E-state index contributed by atoms with van der Waals surface area (Å²) < 4.78 is 29.3. The molecule has 7 nitrogen and oxygen atoms in total. The van der Waals surface area contributed by atoms with Crippen LogP contribution in [-0.2, 0) is 32.6 Å². The minimum atomic E-state index is -4.21. The van der Waals surface area contributed by atoms with Crippen molar-refractivity contribution in [3.63, 3.8) is 0 Å². The van der Waals surface area contributed by atoms with Gasteiger partial charge >= 0.3 is 0 Å². The van der Waals surface area contributed by atoms with Crippen molar-refractivity contribution in [3.8, 4) is 0 Å². The first-order valence-corrected chi connectivity index (χ1v) is 16.4. The first-order chi connectivity index (χ1) is 21.0. The van der Waals surface area contributed by atoms with Crippen LogP contribution in [0.25, 0.3) is 0 Å². The lowest BCUT2D eigenvalue weighted by atomic mass is 10.0. The van der Waals surface area contributed by atoms with Crippen LogP contribution in [0.4, 0.5) is 5.69 Å². The Hall–Kier alpha value is -3.85. The Labute approximate surface area is 269 Å². The standard InChI is InChI=1S/C34H35Cl2N3O4S/c1-4-37-34(41)32(20-26-8-6-5-7-9-26)38(22-27-13-15-28(35)16-14-27)33(40)23-39(29-17-12-25(3)31(36)21-29)44(42,43)30-18-10-24(2)11-19-30/h5-19,21,32H,4,20,22-23H2,1-3H3,(H,37,41)/t32-/m0/s1. The fourth-order valence-electron chi connectivity index (χ4n) is 4.74. The fraction of sp³-hybridized carbons (Fsp3) is 0.235. The van der Waals surface area contributed by atoms with Crippen molar-refractivity contribution < 1.29 is 18.0 Å². The lowest BCUT2D eigenvalue weighted by molar-refractivity contribution is -0.140. The number of halogens is 2. The number of anilines is 1. The van der Waals surface area contributed by atoms with Crippen molar-refractivity contribution in [1.29, 1.82) is 0 Å². The summed E-state index contributed by atoms with van der Waals surface area (Å²) in [5, 5.41) is 3.75. The zero-order chi connectivity index (χ0) is 31.9. The number of hydrogen-bond donors (Lipinski definition) is 1. The highest BCUT2D eigenvalue weighted by molar-refractivity contribution is 7.92. The second-order valence-electron chi connectivity index (χ2n) is 10.5. The number of carbonyl (C=O) groups is 2. The molecule has 0 aliphatic heterocycles. The Balaban J connectivity index is 1.81. The third kappa shape index (κ3) is 8.20. The molecule has 0 fully saturated rings. The molecule has 0 aliphatic carbocycles. The molecule has 10 heteroatoms. The smallest absolute Gasteiger partial charge is 0.264 e. The van der Waals surface area contributed by atoms with Crippen molar-refractivity contribution in [1.82, 2.24) is 10.2 Å². The summed E-state index contributed by atoms with van der Waals surface area (Å²) in [6.45, 7) is 5.33. The summed E-state index contributed by atoms with van der Waals surface area (Å²) in [5.41, 5.74) is 3.48. The number of sulfonamides is 1. The minimum absolute atomic E-state index is 0.0291. The normalized spacial score (nSPS) is 11.9. The second-order valence-corrected chi connectivity index (χ2v) is 13.2. The van der Waals surface area contributed by atoms with E-state index in [-0.39, 0.29) is 29.5 Å². The van der Waals surface area contributed by atoms with Gasteiger partial charge in [0, 0.05) is 29.6 Å². The molecule has 1 N–H and O–H groups in total. The van der Waals surface area contributed by atoms with Gasteiger partial charge in [-0.2, -0.15) is 0 Å². The van der Waals surface area contributed by atoms with Gasteiger partial charge in [-0.3, -0.25) is 13.9 Å². The number of carbonyl (C=O) groups excluding carboxylic acids is 2. The molecular formula is C34H35Cl2N3O4S. The van der Waals surface area contributed by atoms with Gasteiger partial charge < -0.3 is 10.2 Å². The summed E-state index contributed by atoms with van der Waals surface area (Å²) in [7, 11) is -4.21.